The van der Waals surface area contributed by atoms with Crippen LogP contribution in [0.1, 0.15) is 53.9 Å². The number of esters is 2. The van der Waals surface area contributed by atoms with Gasteiger partial charge in [0, 0.05) is 5.70 Å². The van der Waals surface area contributed by atoms with E-state index in [0.29, 0.717) is 58.4 Å². The smallest absolute Gasteiger partial charge is 0.338 e. The molecule has 0 saturated carbocycles. The van der Waals surface area contributed by atoms with Crippen LogP contribution in [0.5, 0.6) is 17.2 Å². The number of amides is 2. The maximum atomic E-state index is 12.5. The zero-order valence-corrected chi connectivity index (χ0v) is 28.5. The maximum absolute atomic E-state index is 12.5. The minimum atomic E-state index is -1.16. The Bertz CT molecular complexity index is 1680. The molecule has 0 spiro atoms. The molecule has 4 N–H and O–H groups in total. The van der Waals surface area contributed by atoms with Crippen molar-refractivity contribution in [2.24, 2.45) is 5.10 Å². The number of hydrogen-bond acceptors (Lipinski definition) is 11. The van der Waals surface area contributed by atoms with E-state index in [0.717, 1.165) is 11.1 Å². The minimum absolute atomic E-state index is 0.162. The number of aliphatic hydroxyl groups is 1. The van der Waals surface area contributed by atoms with Gasteiger partial charge < -0.3 is 39.4 Å². The quantitative estimate of drug-likeness (QED) is 0.0746. The minimum Gasteiger partial charge on any atom is -0.490 e. The Kier molecular flexibility index (Phi) is 12.8. The van der Waals surface area contributed by atoms with Crippen LogP contribution in [0.15, 0.2) is 81.5 Å². The Morgan fingerprint density at radius 2 is 1.73 bits per heavy atom. The average molecular weight is 726 g/mol. The second kappa shape index (κ2) is 17.2. The molecule has 0 radical (unpaired) electrons. The van der Waals surface area contributed by atoms with Crippen molar-refractivity contribution in [1.29, 1.82) is 0 Å². The highest BCUT2D eigenvalue weighted by Crippen LogP contribution is 2.35. The van der Waals surface area contributed by atoms with E-state index in [-0.39, 0.29) is 18.1 Å². The summed E-state index contributed by atoms with van der Waals surface area (Å²) in [5.41, 5.74) is 5.96. The van der Waals surface area contributed by atoms with Crippen LogP contribution in [0.2, 0.25) is 0 Å². The largest absolute Gasteiger partial charge is 0.490 e. The predicted octanol–water partition coefficient (Wildman–Crippen LogP) is 4.73. The van der Waals surface area contributed by atoms with Crippen molar-refractivity contribution in [1.82, 2.24) is 16.1 Å². The van der Waals surface area contributed by atoms with Gasteiger partial charge in [0.1, 0.15) is 19.0 Å². The van der Waals surface area contributed by atoms with Crippen molar-refractivity contribution in [2.45, 2.75) is 39.6 Å². The molecule has 1 heterocycles. The van der Waals surface area contributed by atoms with E-state index in [9.17, 15) is 19.5 Å². The van der Waals surface area contributed by atoms with E-state index in [2.05, 4.69) is 37.1 Å². The summed E-state index contributed by atoms with van der Waals surface area (Å²) >= 11 is 3.51. The molecule has 3 aromatic carbocycles. The Morgan fingerprint density at radius 3 is 2.42 bits per heavy atom. The summed E-state index contributed by atoms with van der Waals surface area (Å²) in [6, 6.07) is 16.2. The second-order valence-electron chi connectivity index (χ2n) is 10.3. The molecule has 0 aliphatic carbocycles. The number of allylic oxidation sites excluding steroid dienone is 1. The van der Waals surface area contributed by atoms with Crippen LogP contribution in [0.25, 0.3) is 0 Å². The highest BCUT2D eigenvalue weighted by Gasteiger charge is 2.32. The van der Waals surface area contributed by atoms with Gasteiger partial charge in [-0.1, -0.05) is 18.2 Å². The third-order valence-corrected chi connectivity index (χ3v) is 7.54. The SMILES string of the molecule is CCOC(=O)c1ccc(COc2ccc(/C=N/N[C@H](O)COc3ccc([C@@H]4NC(=O)NC(C)=C4C(=O)OC)cc3OCC)cc2Br)cc1. The van der Waals surface area contributed by atoms with Crippen LogP contribution < -0.4 is 30.3 Å². The van der Waals surface area contributed by atoms with Crippen LogP contribution in [0, 0.1) is 0 Å². The molecule has 48 heavy (non-hydrogen) atoms. The van der Waals surface area contributed by atoms with Gasteiger partial charge in [-0.3, -0.25) is 5.43 Å². The molecule has 2 amide bonds. The van der Waals surface area contributed by atoms with Crippen molar-refractivity contribution in [2.75, 3.05) is 26.9 Å². The van der Waals surface area contributed by atoms with E-state index in [1.54, 1.807) is 56.3 Å². The fraction of sp³-hybridized carbons (Fsp3) is 0.294. The second-order valence-corrected chi connectivity index (χ2v) is 11.2. The number of methoxy groups -OCH3 is 1. The molecule has 2 atom stereocenters. The number of ether oxygens (including phenoxy) is 5. The molecule has 254 valence electrons. The zero-order valence-electron chi connectivity index (χ0n) is 26.9. The lowest BCUT2D eigenvalue weighted by Gasteiger charge is -2.28. The van der Waals surface area contributed by atoms with Crippen molar-refractivity contribution in [3.63, 3.8) is 0 Å². The summed E-state index contributed by atoms with van der Waals surface area (Å²) < 4.78 is 28.1. The van der Waals surface area contributed by atoms with Crippen LogP contribution in [-0.4, -0.2) is 62.4 Å². The first-order valence-corrected chi connectivity index (χ1v) is 15.8. The van der Waals surface area contributed by atoms with Crippen LogP contribution in [-0.2, 0) is 20.9 Å². The molecule has 13 nitrogen and oxygen atoms in total. The number of halogens is 1. The summed E-state index contributed by atoms with van der Waals surface area (Å²) in [4.78, 5) is 36.4. The van der Waals surface area contributed by atoms with E-state index in [1.165, 1.54) is 13.3 Å². The number of hydrazone groups is 1. The molecule has 14 heteroatoms. The van der Waals surface area contributed by atoms with E-state index >= 15 is 0 Å². The Labute approximate surface area is 286 Å². The lowest BCUT2D eigenvalue weighted by Crippen LogP contribution is -2.45. The monoisotopic (exact) mass is 724 g/mol. The number of benzene rings is 3. The number of aliphatic hydroxyl groups excluding tert-OH is 1. The maximum Gasteiger partial charge on any atom is 0.338 e. The number of nitrogens with one attached hydrogen (secondary N) is 3. The summed E-state index contributed by atoms with van der Waals surface area (Å²) in [6.45, 7) is 5.97. The first kappa shape index (κ1) is 35.8. The number of carbonyl (C=O) groups excluding carboxylic acids is 3. The van der Waals surface area contributed by atoms with Crippen LogP contribution in [0.4, 0.5) is 4.79 Å². The standard InChI is InChI=1S/C34H37BrN4O9/c1-5-45-28-16-24(31-30(33(42)44-4)20(3)37-34(43)38-31)12-14-27(28)48-19-29(40)39-36-17-22-9-13-26(25(35)15-22)47-18-21-7-10-23(11-8-21)32(41)46-6-2/h7-17,29,31,39-40H,5-6,18-19H2,1-4H3,(H2,37,38,43)/b36-17+/t29-,31+/m1/s1. The third kappa shape index (κ3) is 9.48. The van der Waals surface area contributed by atoms with Crippen molar-refractivity contribution in [3.8, 4) is 17.2 Å². The van der Waals surface area contributed by atoms with Gasteiger partial charge >= 0.3 is 18.0 Å². The van der Waals surface area contributed by atoms with E-state index in [1.807, 2.05) is 25.1 Å². The molecule has 0 fully saturated rings. The lowest BCUT2D eigenvalue weighted by molar-refractivity contribution is -0.136. The molecule has 1 aliphatic heterocycles. The van der Waals surface area contributed by atoms with Crippen molar-refractivity contribution >= 4 is 40.1 Å². The Balaban J connectivity index is 1.31. The normalized spacial score (nSPS) is 14.9. The number of nitrogens with zero attached hydrogens (tertiary/aromatic N) is 1. The molecular formula is C34H37BrN4O9. The van der Waals surface area contributed by atoms with Crippen molar-refractivity contribution < 1.29 is 43.2 Å². The first-order chi connectivity index (χ1) is 23.1. The van der Waals surface area contributed by atoms with Gasteiger partial charge in [0.25, 0.3) is 0 Å². The molecule has 0 aromatic heterocycles. The van der Waals surface area contributed by atoms with Gasteiger partial charge in [-0.05, 0) is 95.9 Å². The number of carbonyl (C=O) groups is 3. The molecule has 3 aromatic rings. The lowest BCUT2D eigenvalue weighted by atomic mass is 9.95. The molecule has 0 bridgehead atoms. The third-order valence-electron chi connectivity index (χ3n) is 6.92. The van der Waals surface area contributed by atoms with Gasteiger partial charge in [-0.25, -0.2) is 14.4 Å². The van der Waals surface area contributed by atoms with Crippen LogP contribution in [0.3, 0.4) is 0 Å². The molecule has 0 saturated heterocycles. The summed E-state index contributed by atoms with van der Waals surface area (Å²) in [6.07, 6.45) is 0.380. The fourth-order valence-corrected chi connectivity index (χ4v) is 5.16. The summed E-state index contributed by atoms with van der Waals surface area (Å²) in [5, 5.41) is 19.9. The molecule has 0 unspecified atom stereocenters. The zero-order chi connectivity index (χ0) is 34.6. The van der Waals surface area contributed by atoms with Gasteiger partial charge in [0.05, 0.1) is 48.2 Å². The number of urea groups is 1. The number of hydrogen-bond donors (Lipinski definition) is 4. The predicted molar refractivity (Wildman–Crippen MR) is 180 cm³/mol. The fourth-order valence-electron chi connectivity index (χ4n) is 4.65. The van der Waals surface area contributed by atoms with E-state index in [4.69, 9.17) is 23.7 Å². The first-order valence-electron chi connectivity index (χ1n) is 15.0. The van der Waals surface area contributed by atoms with E-state index < -0.39 is 24.3 Å². The Hall–Kier alpha value is -5.08. The topological polar surface area (TPSA) is 166 Å². The average Bonchev–Trinajstić information content (AvgIpc) is 3.07. The molecule has 4 rings (SSSR count). The summed E-state index contributed by atoms with van der Waals surface area (Å²) in [7, 11) is 1.27. The highest BCUT2D eigenvalue weighted by molar-refractivity contribution is 9.10. The van der Waals surface area contributed by atoms with Gasteiger partial charge in [-0.2, -0.15) is 5.10 Å². The van der Waals surface area contributed by atoms with Gasteiger partial charge in [0.2, 0.25) is 0 Å². The summed E-state index contributed by atoms with van der Waals surface area (Å²) in [5.74, 6) is 0.388. The number of rotatable bonds is 15. The van der Waals surface area contributed by atoms with Gasteiger partial charge in [-0.15, -0.1) is 0 Å². The van der Waals surface area contributed by atoms with Gasteiger partial charge in [0.15, 0.2) is 17.7 Å². The molecular weight excluding hydrogens is 688 g/mol. The Morgan fingerprint density at radius 1 is 0.979 bits per heavy atom. The van der Waals surface area contributed by atoms with Crippen molar-refractivity contribution in [3.05, 3.63) is 98.7 Å². The highest BCUT2D eigenvalue weighted by atomic mass is 79.9. The van der Waals surface area contributed by atoms with Crippen LogP contribution >= 0.6 is 15.9 Å². The molecule has 1 aliphatic rings.